The number of alkyl carbamates (subject to hydrolysis) is 1. The van der Waals surface area contributed by atoms with Gasteiger partial charge in [-0.1, -0.05) is 42.5 Å². The fraction of sp³-hybridized carbons (Fsp3) is 0.231. The summed E-state index contributed by atoms with van der Waals surface area (Å²) in [6.07, 6.45) is -0.450. The highest BCUT2D eigenvalue weighted by molar-refractivity contribution is 5.94. The molecule has 0 aromatic heterocycles. The van der Waals surface area contributed by atoms with Crippen LogP contribution in [0.15, 0.2) is 78.9 Å². The van der Waals surface area contributed by atoms with Crippen LogP contribution >= 0.6 is 0 Å². The van der Waals surface area contributed by atoms with Crippen molar-refractivity contribution in [3.05, 3.63) is 95.6 Å². The molecular formula is C26H28N2O4. The van der Waals surface area contributed by atoms with Gasteiger partial charge in [-0.05, 0) is 68.3 Å². The average Bonchev–Trinajstić information content (AvgIpc) is 2.77. The van der Waals surface area contributed by atoms with E-state index in [9.17, 15) is 9.59 Å². The second-order valence-electron chi connectivity index (χ2n) is 8.29. The predicted molar refractivity (Wildman–Crippen MR) is 124 cm³/mol. The number of hydrogen-bond donors (Lipinski definition) is 2. The van der Waals surface area contributed by atoms with E-state index in [-0.39, 0.29) is 5.91 Å². The Morgan fingerprint density at radius 1 is 0.719 bits per heavy atom. The van der Waals surface area contributed by atoms with Gasteiger partial charge in [-0.15, -0.1) is 0 Å². The summed E-state index contributed by atoms with van der Waals surface area (Å²) in [6, 6.07) is 24.2. The molecule has 0 aliphatic carbocycles. The molecule has 6 nitrogen and oxygen atoms in total. The first-order chi connectivity index (χ1) is 15.3. The Morgan fingerprint density at radius 2 is 1.25 bits per heavy atom. The van der Waals surface area contributed by atoms with Crippen molar-refractivity contribution in [2.45, 2.75) is 39.5 Å². The third-order valence-electron chi connectivity index (χ3n) is 4.41. The number of carbonyl (C=O) groups is 2. The lowest BCUT2D eigenvalue weighted by molar-refractivity contribution is 0.0523. The first-order valence-corrected chi connectivity index (χ1v) is 10.4. The van der Waals surface area contributed by atoms with Gasteiger partial charge in [-0.2, -0.15) is 0 Å². The van der Waals surface area contributed by atoms with E-state index in [1.165, 1.54) is 0 Å². The molecule has 0 radical (unpaired) electrons. The number of amides is 2. The highest BCUT2D eigenvalue weighted by Crippen LogP contribution is 2.21. The van der Waals surface area contributed by atoms with Crippen molar-refractivity contribution in [2.24, 2.45) is 0 Å². The number of benzene rings is 3. The van der Waals surface area contributed by atoms with Crippen LogP contribution in [0.1, 0.15) is 42.3 Å². The van der Waals surface area contributed by atoms with Crippen molar-refractivity contribution >= 4 is 12.0 Å². The van der Waals surface area contributed by atoms with Gasteiger partial charge in [0.25, 0.3) is 5.91 Å². The van der Waals surface area contributed by atoms with Gasteiger partial charge < -0.3 is 20.1 Å². The molecule has 6 heteroatoms. The topological polar surface area (TPSA) is 76.7 Å². The zero-order chi connectivity index (χ0) is 23.0. The second kappa shape index (κ2) is 10.5. The molecule has 0 atom stereocenters. The summed E-state index contributed by atoms with van der Waals surface area (Å²) in [7, 11) is 0. The standard InChI is InChI=1S/C26H28N2O4/c1-26(2,3)32-25(30)28-18-20-11-9-19(10-12-20)17-27-24(29)21-13-15-23(16-14-21)31-22-7-5-4-6-8-22/h4-16H,17-18H2,1-3H3,(H,27,29)(H,28,30). The number of para-hydroxylation sites is 1. The second-order valence-corrected chi connectivity index (χ2v) is 8.29. The summed E-state index contributed by atoms with van der Waals surface area (Å²) in [5.74, 6) is 1.25. The molecule has 2 amide bonds. The minimum absolute atomic E-state index is 0.160. The monoisotopic (exact) mass is 432 g/mol. The molecule has 166 valence electrons. The molecule has 0 fully saturated rings. The van der Waals surface area contributed by atoms with Gasteiger partial charge in [0.05, 0.1) is 0 Å². The normalized spacial score (nSPS) is 10.8. The summed E-state index contributed by atoms with van der Waals surface area (Å²) in [6.45, 7) is 6.24. The van der Waals surface area contributed by atoms with Gasteiger partial charge in [-0.25, -0.2) is 4.79 Å². The lowest BCUT2D eigenvalue weighted by Gasteiger charge is -2.19. The van der Waals surface area contributed by atoms with Crippen LogP contribution in [0, 0.1) is 0 Å². The third-order valence-corrected chi connectivity index (χ3v) is 4.41. The third kappa shape index (κ3) is 7.47. The molecule has 0 saturated carbocycles. The Labute approximate surface area is 188 Å². The van der Waals surface area contributed by atoms with Crippen molar-refractivity contribution in [3.63, 3.8) is 0 Å². The molecule has 0 bridgehead atoms. The van der Waals surface area contributed by atoms with Crippen LogP contribution in [0.4, 0.5) is 4.79 Å². The van der Waals surface area contributed by atoms with Crippen LogP contribution in [0.2, 0.25) is 0 Å². The zero-order valence-electron chi connectivity index (χ0n) is 18.6. The summed E-state index contributed by atoms with van der Waals surface area (Å²) >= 11 is 0. The number of ether oxygens (including phenoxy) is 2. The minimum Gasteiger partial charge on any atom is -0.457 e. The number of nitrogens with one attached hydrogen (secondary N) is 2. The maximum absolute atomic E-state index is 12.4. The summed E-state index contributed by atoms with van der Waals surface area (Å²) in [5, 5.41) is 5.64. The Morgan fingerprint density at radius 3 is 1.81 bits per heavy atom. The van der Waals surface area contributed by atoms with E-state index in [4.69, 9.17) is 9.47 Å². The van der Waals surface area contributed by atoms with E-state index in [0.29, 0.717) is 24.4 Å². The van der Waals surface area contributed by atoms with Crippen LogP contribution in [0.3, 0.4) is 0 Å². The maximum atomic E-state index is 12.4. The minimum atomic E-state index is -0.526. The van der Waals surface area contributed by atoms with E-state index in [2.05, 4.69) is 10.6 Å². The molecule has 3 aromatic rings. The first kappa shape index (κ1) is 22.9. The molecule has 0 unspecified atom stereocenters. The maximum Gasteiger partial charge on any atom is 0.407 e. The average molecular weight is 433 g/mol. The van der Waals surface area contributed by atoms with Crippen molar-refractivity contribution < 1.29 is 19.1 Å². The van der Waals surface area contributed by atoms with Gasteiger partial charge in [0.1, 0.15) is 17.1 Å². The Balaban J connectivity index is 1.45. The quantitative estimate of drug-likeness (QED) is 0.522. The van der Waals surface area contributed by atoms with Crippen LogP contribution in [-0.4, -0.2) is 17.6 Å². The van der Waals surface area contributed by atoms with E-state index in [1.54, 1.807) is 24.3 Å². The lowest BCUT2D eigenvalue weighted by Crippen LogP contribution is -2.32. The molecule has 0 saturated heterocycles. The number of rotatable bonds is 7. The van der Waals surface area contributed by atoms with Crippen LogP contribution < -0.4 is 15.4 Å². The lowest BCUT2D eigenvalue weighted by atomic mass is 10.1. The van der Waals surface area contributed by atoms with Crippen LogP contribution in [0.25, 0.3) is 0 Å². The smallest absolute Gasteiger partial charge is 0.407 e. The van der Waals surface area contributed by atoms with E-state index < -0.39 is 11.7 Å². The molecule has 3 aromatic carbocycles. The van der Waals surface area contributed by atoms with Gasteiger partial charge in [-0.3, -0.25) is 4.79 Å². The highest BCUT2D eigenvalue weighted by Gasteiger charge is 2.15. The summed E-state index contributed by atoms with van der Waals surface area (Å²) in [4.78, 5) is 24.2. The van der Waals surface area contributed by atoms with Crippen LogP contribution in [0.5, 0.6) is 11.5 Å². The van der Waals surface area contributed by atoms with Gasteiger partial charge >= 0.3 is 6.09 Å². The fourth-order valence-electron chi connectivity index (χ4n) is 2.85. The van der Waals surface area contributed by atoms with E-state index in [0.717, 1.165) is 16.9 Å². The molecule has 0 aliphatic rings. The molecule has 0 aliphatic heterocycles. The van der Waals surface area contributed by atoms with Crippen molar-refractivity contribution in [1.82, 2.24) is 10.6 Å². The fourth-order valence-corrected chi connectivity index (χ4v) is 2.85. The van der Waals surface area contributed by atoms with Gasteiger partial charge in [0.15, 0.2) is 0 Å². The van der Waals surface area contributed by atoms with E-state index >= 15 is 0 Å². The Kier molecular flexibility index (Phi) is 7.49. The van der Waals surface area contributed by atoms with Crippen molar-refractivity contribution in [2.75, 3.05) is 0 Å². The van der Waals surface area contributed by atoms with E-state index in [1.807, 2.05) is 75.4 Å². The zero-order valence-corrected chi connectivity index (χ0v) is 18.6. The van der Waals surface area contributed by atoms with Gasteiger partial charge in [0.2, 0.25) is 0 Å². The molecule has 0 heterocycles. The molecule has 0 spiro atoms. The highest BCUT2D eigenvalue weighted by atomic mass is 16.6. The molecule has 3 rings (SSSR count). The molecule has 32 heavy (non-hydrogen) atoms. The Bertz CT molecular complexity index is 1020. The Hall–Kier alpha value is -3.80. The number of carbonyl (C=O) groups excluding carboxylic acids is 2. The van der Waals surface area contributed by atoms with Gasteiger partial charge in [0, 0.05) is 18.7 Å². The van der Waals surface area contributed by atoms with Crippen molar-refractivity contribution in [3.8, 4) is 11.5 Å². The largest absolute Gasteiger partial charge is 0.457 e. The SMILES string of the molecule is CC(C)(C)OC(=O)NCc1ccc(CNC(=O)c2ccc(Oc3ccccc3)cc2)cc1. The summed E-state index contributed by atoms with van der Waals surface area (Å²) in [5.41, 5.74) is 1.94. The predicted octanol–water partition coefficient (Wildman–Crippen LogP) is 5.43. The van der Waals surface area contributed by atoms with Crippen LogP contribution in [-0.2, 0) is 17.8 Å². The van der Waals surface area contributed by atoms with Crippen molar-refractivity contribution in [1.29, 1.82) is 0 Å². The summed E-state index contributed by atoms with van der Waals surface area (Å²) < 4.78 is 11.0. The molecular weight excluding hydrogens is 404 g/mol. The molecule has 2 N–H and O–H groups in total. The number of hydrogen-bond acceptors (Lipinski definition) is 4. The first-order valence-electron chi connectivity index (χ1n) is 10.4.